The van der Waals surface area contributed by atoms with Crippen LogP contribution in [0.4, 0.5) is 0 Å². The van der Waals surface area contributed by atoms with Crippen molar-refractivity contribution in [3.8, 4) is 0 Å². The van der Waals surface area contributed by atoms with Crippen molar-refractivity contribution < 1.29 is 9.59 Å². The van der Waals surface area contributed by atoms with Crippen LogP contribution in [-0.4, -0.2) is 23.3 Å². The standard InChI is InChI=1S/C12H15NO2/c1-3-6-13-11(14)9-5-4-8(2)7-10(9)12(13)15/h3-4,9-10H,1,5-7H2,2H3/t9-,10-/m1/s1. The number of amides is 2. The maximum Gasteiger partial charge on any atom is 0.233 e. The number of nitrogens with zero attached hydrogens (tertiary/aromatic N) is 1. The van der Waals surface area contributed by atoms with Crippen LogP contribution in [0.15, 0.2) is 24.3 Å². The minimum absolute atomic E-state index is 0.0163. The number of rotatable bonds is 2. The highest BCUT2D eigenvalue weighted by Crippen LogP contribution is 2.37. The first-order chi connectivity index (χ1) is 7.15. The molecule has 0 N–H and O–H groups in total. The topological polar surface area (TPSA) is 37.4 Å². The van der Waals surface area contributed by atoms with Crippen LogP contribution in [0.25, 0.3) is 0 Å². The van der Waals surface area contributed by atoms with Gasteiger partial charge in [-0.15, -0.1) is 6.58 Å². The third-order valence-corrected chi connectivity index (χ3v) is 3.23. The minimum Gasteiger partial charge on any atom is -0.278 e. The Morgan fingerprint density at radius 1 is 1.47 bits per heavy atom. The van der Waals surface area contributed by atoms with Crippen LogP contribution in [0.5, 0.6) is 0 Å². The molecule has 3 nitrogen and oxygen atoms in total. The lowest BCUT2D eigenvalue weighted by atomic mass is 9.82. The fourth-order valence-corrected chi connectivity index (χ4v) is 2.42. The number of carbonyl (C=O) groups is 2. The van der Waals surface area contributed by atoms with Gasteiger partial charge in [-0.3, -0.25) is 14.5 Å². The Balaban J connectivity index is 2.24. The van der Waals surface area contributed by atoms with Gasteiger partial charge in [0.2, 0.25) is 11.8 Å². The molecule has 0 spiro atoms. The monoisotopic (exact) mass is 205 g/mol. The number of imide groups is 1. The molecule has 1 aliphatic carbocycles. The zero-order valence-electron chi connectivity index (χ0n) is 8.90. The summed E-state index contributed by atoms with van der Waals surface area (Å²) in [4.78, 5) is 25.1. The Kier molecular flexibility index (Phi) is 2.47. The molecule has 0 aromatic carbocycles. The second-order valence-corrected chi connectivity index (χ2v) is 4.28. The van der Waals surface area contributed by atoms with Crippen molar-refractivity contribution in [3.05, 3.63) is 24.3 Å². The normalized spacial score (nSPS) is 30.2. The summed E-state index contributed by atoms with van der Waals surface area (Å²) in [5.74, 6) is -0.255. The van der Waals surface area contributed by atoms with Crippen molar-refractivity contribution in [2.75, 3.05) is 6.54 Å². The second-order valence-electron chi connectivity index (χ2n) is 4.28. The van der Waals surface area contributed by atoms with Gasteiger partial charge in [-0.1, -0.05) is 17.7 Å². The molecule has 0 radical (unpaired) electrons. The Labute approximate surface area is 89.4 Å². The van der Waals surface area contributed by atoms with Crippen molar-refractivity contribution in [2.24, 2.45) is 11.8 Å². The van der Waals surface area contributed by atoms with Gasteiger partial charge in [0.05, 0.1) is 11.8 Å². The van der Waals surface area contributed by atoms with Crippen LogP contribution >= 0.6 is 0 Å². The molecule has 2 rings (SSSR count). The van der Waals surface area contributed by atoms with Crippen molar-refractivity contribution in [1.82, 2.24) is 4.90 Å². The Hall–Kier alpha value is -1.38. The summed E-state index contributed by atoms with van der Waals surface area (Å²) in [6, 6.07) is 0. The minimum atomic E-state index is -0.110. The fourth-order valence-electron chi connectivity index (χ4n) is 2.42. The van der Waals surface area contributed by atoms with E-state index in [0.29, 0.717) is 13.0 Å². The number of hydrogen-bond acceptors (Lipinski definition) is 2. The van der Waals surface area contributed by atoms with Gasteiger partial charge in [-0.05, 0) is 19.8 Å². The van der Waals surface area contributed by atoms with Gasteiger partial charge < -0.3 is 0 Å². The molecule has 15 heavy (non-hydrogen) atoms. The lowest BCUT2D eigenvalue weighted by molar-refractivity contribution is -0.139. The second kappa shape index (κ2) is 3.65. The molecule has 1 heterocycles. The van der Waals surface area contributed by atoms with E-state index >= 15 is 0 Å². The van der Waals surface area contributed by atoms with Crippen LogP contribution in [0, 0.1) is 11.8 Å². The van der Waals surface area contributed by atoms with E-state index in [9.17, 15) is 9.59 Å². The summed E-state index contributed by atoms with van der Waals surface area (Å²) in [5.41, 5.74) is 1.22. The van der Waals surface area contributed by atoms with Crippen LogP contribution in [0.2, 0.25) is 0 Å². The van der Waals surface area contributed by atoms with Gasteiger partial charge in [0.25, 0.3) is 0 Å². The molecule has 0 unspecified atom stereocenters. The highest BCUT2D eigenvalue weighted by molar-refractivity contribution is 6.05. The quantitative estimate of drug-likeness (QED) is 0.506. The summed E-state index contributed by atoms with van der Waals surface area (Å²) < 4.78 is 0. The van der Waals surface area contributed by atoms with Gasteiger partial charge in [-0.2, -0.15) is 0 Å². The van der Waals surface area contributed by atoms with Crippen molar-refractivity contribution >= 4 is 11.8 Å². The first kappa shape index (κ1) is 10.1. The maximum atomic E-state index is 11.9. The highest BCUT2D eigenvalue weighted by atomic mass is 16.2. The van der Waals surface area contributed by atoms with E-state index < -0.39 is 0 Å². The van der Waals surface area contributed by atoms with E-state index in [4.69, 9.17) is 0 Å². The highest BCUT2D eigenvalue weighted by Gasteiger charge is 2.47. The Morgan fingerprint density at radius 2 is 2.13 bits per heavy atom. The van der Waals surface area contributed by atoms with Crippen molar-refractivity contribution in [3.63, 3.8) is 0 Å². The average molecular weight is 205 g/mol. The molecular weight excluding hydrogens is 190 g/mol. The molecule has 0 aromatic heterocycles. The molecule has 0 saturated carbocycles. The maximum absolute atomic E-state index is 11.9. The molecule has 0 bridgehead atoms. The zero-order chi connectivity index (χ0) is 11.0. The molecule has 80 valence electrons. The SMILES string of the molecule is C=CCN1C(=O)[C@@H]2CC=C(C)C[C@H]2C1=O. The average Bonchev–Trinajstić information content (AvgIpc) is 2.44. The molecule has 3 heteroatoms. The van der Waals surface area contributed by atoms with Gasteiger partial charge >= 0.3 is 0 Å². The van der Waals surface area contributed by atoms with Crippen molar-refractivity contribution in [1.29, 1.82) is 0 Å². The number of carbonyl (C=O) groups excluding carboxylic acids is 2. The third-order valence-electron chi connectivity index (χ3n) is 3.23. The van der Waals surface area contributed by atoms with Gasteiger partial charge in [-0.25, -0.2) is 0 Å². The summed E-state index contributed by atoms with van der Waals surface area (Å²) in [6.45, 7) is 5.94. The molecule has 1 aliphatic heterocycles. The van der Waals surface area contributed by atoms with Crippen LogP contribution in [0.1, 0.15) is 19.8 Å². The molecule has 1 saturated heterocycles. The number of allylic oxidation sites excluding steroid dienone is 2. The lowest BCUT2D eigenvalue weighted by Gasteiger charge is -2.19. The van der Waals surface area contributed by atoms with E-state index in [-0.39, 0.29) is 23.7 Å². The summed E-state index contributed by atoms with van der Waals surface area (Å²) in [5, 5.41) is 0. The summed E-state index contributed by atoms with van der Waals surface area (Å²) >= 11 is 0. The van der Waals surface area contributed by atoms with Crippen molar-refractivity contribution in [2.45, 2.75) is 19.8 Å². The number of likely N-dealkylation sites (tertiary alicyclic amines) is 1. The number of fused-ring (bicyclic) bond motifs is 1. The largest absolute Gasteiger partial charge is 0.278 e. The first-order valence-corrected chi connectivity index (χ1v) is 5.27. The van der Waals surface area contributed by atoms with Crippen LogP contribution < -0.4 is 0 Å². The summed E-state index contributed by atoms with van der Waals surface area (Å²) in [7, 11) is 0. The lowest BCUT2D eigenvalue weighted by Crippen LogP contribution is -2.31. The van der Waals surface area contributed by atoms with E-state index in [1.165, 1.54) is 10.5 Å². The Bertz CT molecular complexity index is 357. The van der Waals surface area contributed by atoms with Gasteiger partial charge in [0.15, 0.2) is 0 Å². The van der Waals surface area contributed by atoms with E-state index in [0.717, 1.165) is 6.42 Å². The molecule has 1 fully saturated rings. The van der Waals surface area contributed by atoms with E-state index in [1.54, 1.807) is 6.08 Å². The molecule has 2 aliphatic rings. The molecule has 0 aromatic rings. The molecular formula is C12H15NO2. The van der Waals surface area contributed by atoms with E-state index in [1.807, 2.05) is 6.92 Å². The zero-order valence-corrected chi connectivity index (χ0v) is 8.90. The molecule has 2 amide bonds. The van der Waals surface area contributed by atoms with E-state index in [2.05, 4.69) is 12.7 Å². The summed E-state index contributed by atoms with van der Waals surface area (Å²) in [6.07, 6.45) is 5.13. The smallest absolute Gasteiger partial charge is 0.233 e. The van der Waals surface area contributed by atoms with Gasteiger partial charge in [0, 0.05) is 6.54 Å². The molecule has 2 atom stereocenters. The predicted octanol–water partition coefficient (Wildman–Crippen LogP) is 1.51. The van der Waals surface area contributed by atoms with Crippen LogP contribution in [-0.2, 0) is 9.59 Å². The van der Waals surface area contributed by atoms with Crippen LogP contribution in [0.3, 0.4) is 0 Å². The number of hydrogen-bond donors (Lipinski definition) is 0. The fraction of sp³-hybridized carbons (Fsp3) is 0.500. The first-order valence-electron chi connectivity index (χ1n) is 5.27. The van der Waals surface area contributed by atoms with Gasteiger partial charge in [0.1, 0.15) is 0 Å². The third kappa shape index (κ3) is 1.52. The predicted molar refractivity (Wildman–Crippen MR) is 56.9 cm³/mol. The Morgan fingerprint density at radius 3 is 2.80 bits per heavy atom.